The standard InChI is InChI=1S/C27H30FN5O2/c1-18-22(19(2)33-27(30-18)23-5-3-4-6-24(23)31-33)11-12-26(34)29-17-25(32-13-15-35-16-14-32)20-7-9-21(28)10-8-20/h3-10,25H,11-17H2,1-2H3,(H,29,34). The topological polar surface area (TPSA) is 71.8 Å². The number of halogens is 1. The number of morpholine rings is 1. The second kappa shape index (κ2) is 10.1. The molecule has 35 heavy (non-hydrogen) atoms. The van der Waals surface area contributed by atoms with Crippen LogP contribution in [0.1, 0.15) is 35.0 Å². The second-order valence-corrected chi connectivity index (χ2v) is 9.03. The molecule has 8 heteroatoms. The summed E-state index contributed by atoms with van der Waals surface area (Å²) in [5.41, 5.74) is 5.72. The van der Waals surface area contributed by atoms with E-state index in [2.05, 4.69) is 10.2 Å². The number of hydrogen-bond donors (Lipinski definition) is 1. The number of amides is 1. The normalized spacial score (nSPS) is 15.5. The maximum atomic E-state index is 13.5. The zero-order chi connectivity index (χ0) is 24.4. The quantitative estimate of drug-likeness (QED) is 0.441. The molecule has 1 aliphatic rings. The van der Waals surface area contributed by atoms with Crippen molar-refractivity contribution in [3.63, 3.8) is 0 Å². The number of fused-ring (bicyclic) bond motifs is 3. The lowest BCUT2D eigenvalue weighted by molar-refractivity contribution is -0.121. The SMILES string of the molecule is Cc1nc2c3ccccc3nn2c(C)c1CCC(=O)NCC(c1ccc(F)cc1)N1CCOCC1. The molecule has 0 saturated carbocycles. The fraction of sp³-hybridized carbons (Fsp3) is 0.370. The van der Waals surface area contributed by atoms with E-state index >= 15 is 0 Å². The Labute approximate surface area is 203 Å². The smallest absolute Gasteiger partial charge is 0.220 e. The molecule has 1 aliphatic heterocycles. The molecule has 4 aromatic rings. The van der Waals surface area contributed by atoms with Crippen molar-refractivity contribution in [3.05, 3.63) is 76.9 Å². The summed E-state index contributed by atoms with van der Waals surface area (Å²) in [6, 6.07) is 14.5. The summed E-state index contributed by atoms with van der Waals surface area (Å²) in [5.74, 6) is -0.283. The van der Waals surface area contributed by atoms with Crippen molar-refractivity contribution in [2.24, 2.45) is 0 Å². The van der Waals surface area contributed by atoms with E-state index in [0.29, 0.717) is 32.6 Å². The van der Waals surface area contributed by atoms with Crippen molar-refractivity contribution in [2.75, 3.05) is 32.8 Å². The summed E-state index contributed by atoms with van der Waals surface area (Å²) < 4.78 is 20.8. The number of aryl methyl sites for hydroxylation is 2. The average Bonchev–Trinajstić information content (AvgIpc) is 3.24. The molecule has 0 radical (unpaired) electrons. The van der Waals surface area contributed by atoms with E-state index < -0.39 is 0 Å². The van der Waals surface area contributed by atoms with Crippen LogP contribution in [0, 0.1) is 19.7 Å². The summed E-state index contributed by atoms with van der Waals surface area (Å²) in [6.07, 6.45) is 0.941. The highest BCUT2D eigenvalue weighted by Gasteiger charge is 2.23. The Balaban J connectivity index is 1.28. The van der Waals surface area contributed by atoms with Crippen molar-refractivity contribution < 1.29 is 13.9 Å². The second-order valence-electron chi connectivity index (χ2n) is 9.03. The lowest BCUT2D eigenvalue weighted by atomic mass is 10.0. The van der Waals surface area contributed by atoms with Crippen molar-refractivity contribution in [2.45, 2.75) is 32.7 Å². The molecule has 0 spiro atoms. The summed E-state index contributed by atoms with van der Waals surface area (Å²) in [5, 5.41) is 8.83. The molecule has 7 nitrogen and oxygen atoms in total. The Morgan fingerprint density at radius 2 is 1.86 bits per heavy atom. The first-order chi connectivity index (χ1) is 17.0. The third kappa shape index (κ3) is 4.90. The van der Waals surface area contributed by atoms with Gasteiger partial charge in [0, 0.05) is 42.8 Å². The van der Waals surface area contributed by atoms with Crippen LogP contribution in [0.3, 0.4) is 0 Å². The molecule has 182 valence electrons. The lowest BCUT2D eigenvalue weighted by Crippen LogP contribution is -2.43. The number of nitrogens with zero attached hydrogens (tertiary/aromatic N) is 4. The molecular formula is C27H30FN5O2. The summed E-state index contributed by atoms with van der Waals surface area (Å²) in [7, 11) is 0. The maximum Gasteiger partial charge on any atom is 0.220 e. The van der Waals surface area contributed by atoms with Crippen molar-refractivity contribution in [1.29, 1.82) is 0 Å². The first-order valence-corrected chi connectivity index (χ1v) is 12.1. The predicted molar refractivity (Wildman–Crippen MR) is 133 cm³/mol. The minimum atomic E-state index is -0.264. The highest BCUT2D eigenvalue weighted by atomic mass is 19.1. The fourth-order valence-electron chi connectivity index (χ4n) is 4.91. The van der Waals surface area contributed by atoms with Gasteiger partial charge in [-0.15, -0.1) is 0 Å². The number of nitrogens with one attached hydrogen (secondary N) is 1. The van der Waals surface area contributed by atoms with Crippen LogP contribution in [0.15, 0.2) is 48.5 Å². The van der Waals surface area contributed by atoms with Crippen LogP contribution in [0.2, 0.25) is 0 Å². The summed E-state index contributed by atoms with van der Waals surface area (Å²) >= 11 is 0. The molecule has 0 bridgehead atoms. The molecule has 5 rings (SSSR count). The van der Waals surface area contributed by atoms with Gasteiger partial charge < -0.3 is 10.1 Å². The van der Waals surface area contributed by atoms with Gasteiger partial charge in [0.1, 0.15) is 5.82 Å². The Morgan fingerprint density at radius 3 is 2.63 bits per heavy atom. The molecule has 2 aromatic heterocycles. The molecule has 1 saturated heterocycles. The zero-order valence-corrected chi connectivity index (χ0v) is 20.1. The number of aromatic nitrogens is 3. The minimum absolute atomic E-state index is 0.0186. The maximum absolute atomic E-state index is 13.5. The highest BCUT2D eigenvalue weighted by molar-refractivity contribution is 5.92. The molecule has 1 atom stereocenters. The summed E-state index contributed by atoms with van der Waals surface area (Å²) in [6.45, 7) is 7.35. The van der Waals surface area contributed by atoms with Crippen LogP contribution < -0.4 is 5.32 Å². The van der Waals surface area contributed by atoms with Crippen molar-refractivity contribution in [3.8, 4) is 0 Å². The van der Waals surface area contributed by atoms with Crippen LogP contribution in [-0.4, -0.2) is 58.3 Å². The predicted octanol–water partition coefficient (Wildman–Crippen LogP) is 3.76. The summed E-state index contributed by atoms with van der Waals surface area (Å²) in [4.78, 5) is 19.9. The van der Waals surface area contributed by atoms with Gasteiger partial charge >= 0.3 is 0 Å². The number of hydrogen-bond acceptors (Lipinski definition) is 5. The Hall–Kier alpha value is -3.36. The number of carbonyl (C=O) groups excluding carboxylic acids is 1. The Kier molecular flexibility index (Phi) is 6.74. The van der Waals surface area contributed by atoms with Gasteiger partial charge in [-0.05, 0) is 55.7 Å². The van der Waals surface area contributed by atoms with Gasteiger partial charge in [0.25, 0.3) is 0 Å². The molecule has 1 N–H and O–H groups in total. The molecule has 1 fully saturated rings. The van der Waals surface area contributed by atoms with Gasteiger partial charge in [-0.3, -0.25) is 9.69 Å². The minimum Gasteiger partial charge on any atom is -0.379 e. The van der Waals surface area contributed by atoms with E-state index in [0.717, 1.165) is 52.2 Å². The number of ether oxygens (including phenoxy) is 1. The molecular weight excluding hydrogens is 445 g/mol. The van der Waals surface area contributed by atoms with Gasteiger partial charge in [0.05, 0.1) is 24.8 Å². The number of carbonyl (C=O) groups is 1. The van der Waals surface area contributed by atoms with Crippen molar-refractivity contribution >= 4 is 22.5 Å². The first-order valence-electron chi connectivity index (χ1n) is 12.1. The van der Waals surface area contributed by atoms with Gasteiger partial charge in [0.15, 0.2) is 5.65 Å². The van der Waals surface area contributed by atoms with Crippen LogP contribution in [-0.2, 0) is 16.0 Å². The largest absolute Gasteiger partial charge is 0.379 e. The average molecular weight is 476 g/mol. The van der Waals surface area contributed by atoms with E-state index in [-0.39, 0.29) is 17.8 Å². The molecule has 1 amide bonds. The van der Waals surface area contributed by atoms with E-state index in [1.165, 1.54) is 12.1 Å². The van der Waals surface area contributed by atoms with E-state index in [9.17, 15) is 9.18 Å². The van der Waals surface area contributed by atoms with Crippen LogP contribution in [0.4, 0.5) is 4.39 Å². The third-order valence-corrected chi connectivity index (χ3v) is 6.85. The van der Waals surface area contributed by atoms with Crippen LogP contribution in [0.25, 0.3) is 16.6 Å². The fourth-order valence-corrected chi connectivity index (χ4v) is 4.91. The zero-order valence-electron chi connectivity index (χ0n) is 20.1. The Morgan fingerprint density at radius 1 is 1.11 bits per heavy atom. The van der Waals surface area contributed by atoms with Crippen LogP contribution in [0.5, 0.6) is 0 Å². The van der Waals surface area contributed by atoms with Gasteiger partial charge in [-0.2, -0.15) is 5.10 Å². The molecule has 2 aromatic carbocycles. The number of rotatable bonds is 7. The van der Waals surface area contributed by atoms with Crippen molar-refractivity contribution in [1.82, 2.24) is 24.8 Å². The van der Waals surface area contributed by atoms with Gasteiger partial charge in [-0.25, -0.2) is 13.9 Å². The Bertz CT molecular complexity index is 1350. The number of benzene rings is 2. The van der Waals surface area contributed by atoms with E-state index in [1.807, 2.05) is 42.6 Å². The first kappa shape index (κ1) is 23.4. The molecule has 3 heterocycles. The van der Waals surface area contributed by atoms with E-state index in [4.69, 9.17) is 14.8 Å². The van der Waals surface area contributed by atoms with Crippen LogP contribution >= 0.6 is 0 Å². The third-order valence-electron chi connectivity index (χ3n) is 6.85. The monoisotopic (exact) mass is 475 g/mol. The molecule has 1 unspecified atom stereocenters. The van der Waals surface area contributed by atoms with E-state index in [1.54, 1.807) is 12.1 Å². The van der Waals surface area contributed by atoms with Gasteiger partial charge in [0.2, 0.25) is 5.91 Å². The molecule has 0 aliphatic carbocycles. The lowest BCUT2D eigenvalue weighted by Gasteiger charge is -2.35. The highest BCUT2D eigenvalue weighted by Crippen LogP contribution is 2.24. The van der Waals surface area contributed by atoms with Gasteiger partial charge in [-0.1, -0.05) is 24.3 Å².